The fraction of sp³-hybridized carbons (Fsp3) is 0.462. The highest BCUT2D eigenvalue weighted by molar-refractivity contribution is 5.98. The lowest BCUT2D eigenvalue weighted by Crippen LogP contribution is -2.46. The van der Waals surface area contributed by atoms with E-state index in [1.807, 2.05) is 6.07 Å². The molecule has 12 heteroatoms. The number of hydrogen-bond acceptors (Lipinski definition) is 11. The van der Waals surface area contributed by atoms with Gasteiger partial charge in [-0.1, -0.05) is 19.9 Å². The molecular formula is C26H31N3O9. The van der Waals surface area contributed by atoms with Crippen molar-refractivity contribution in [2.45, 2.75) is 51.9 Å². The van der Waals surface area contributed by atoms with Gasteiger partial charge in [-0.05, 0) is 31.4 Å². The zero-order valence-corrected chi connectivity index (χ0v) is 21.6. The molecule has 0 unspecified atom stereocenters. The van der Waals surface area contributed by atoms with Gasteiger partial charge in [-0.25, -0.2) is 9.78 Å². The summed E-state index contributed by atoms with van der Waals surface area (Å²) in [6, 6.07) is 3.55. The lowest BCUT2D eigenvalue weighted by molar-refractivity contribution is -0.176. The smallest absolute Gasteiger partial charge is 0.332 e. The molecule has 4 atom stereocenters. The Hall–Kier alpha value is -4.22. The van der Waals surface area contributed by atoms with Gasteiger partial charge in [0, 0.05) is 24.7 Å². The number of nitrogens with one attached hydrogen (secondary N) is 1. The Labute approximate surface area is 219 Å². The number of rotatable bonds is 8. The number of aromatic nitrogens is 2. The Balaban J connectivity index is 1.84. The first kappa shape index (κ1) is 28.4. The van der Waals surface area contributed by atoms with Crippen molar-refractivity contribution in [1.82, 2.24) is 15.3 Å². The maximum absolute atomic E-state index is 13.2. The highest BCUT2D eigenvalue weighted by atomic mass is 16.6. The zero-order chi connectivity index (χ0) is 27.8. The Morgan fingerprint density at radius 2 is 1.97 bits per heavy atom. The summed E-state index contributed by atoms with van der Waals surface area (Å²) in [5.74, 6) is -5.08. The topological polar surface area (TPSA) is 163 Å². The lowest BCUT2D eigenvalue weighted by atomic mass is 9.91. The molecule has 1 saturated heterocycles. The number of nitrogens with zero attached hydrogens (tertiary/aromatic N) is 2. The van der Waals surface area contributed by atoms with Gasteiger partial charge in [-0.15, -0.1) is 0 Å². The minimum atomic E-state index is -1.42. The number of esters is 3. The number of carbonyl (C=O) groups excluding carboxylic acids is 4. The van der Waals surface area contributed by atoms with Crippen LogP contribution in [0.5, 0.6) is 11.5 Å². The summed E-state index contributed by atoms with van der Waals surface area (Å²) >= 11 is 0. The van der Waals surface area contributed by atoms with Crippen molar-refractivity contribution in [3.8, 4) is 11.5 Å². The van der Waals surface area contributed by atoms with Crippen LogP contribution in [0.3, 0.4) is 0 Å². The minimum absolute atomic E-state index is 0.00788. The molecule has 12 nitrogen and oxygen atoms in total. The van der Waals surface area contributed by atoms with E-state index in [2.05, 4.69) is 15.3 Å². The fourth-order valence-corrected chi connectivity index (χ4v) is 3.83. The number of pyridine rings is 2. The molecule has 2 aromatic rings. The quantitative estimate of drug-likeness (QED) is 0.377. The summed E-state index contributed by atoms with van der Waals surface area (Å²) in [4.78, 5) is 59.4. The van der Waals surface area contributed by atoms with E-state index in [4.69, 9.17) is 18.9 Å². The number of hydrogen-bond donors (Lipinski definition) is 2. The summed E-state index contributed by atoms with van der Waals surface area (Å²) < 4.78 is 21.6. The molecule has 3 rings (SSSR count). The maximum atomic E-state index is 13.2. The summed E-state index contributed by atoms with van der Waals surface area (Å²) in [5, 5.41) is 12.6. The van der Waals surface area contributed by atoms with Crippen LogP contribution in [-0.2, 0) is 35.0 Å². The molecule has 0 radical (unpaired) electrons. The molecule has 204 valence electrons. The van der Waals surface area contributed by atoms with Crippen molar-refractivity contribution < 1.29 is 43.2 Å². The van der Waals surface area contributed by atoms with Crippen LogP contribution in [0.1, 0.15) is 43.2 Å². The summed E-state index contributed by atoms with van der Waals surface area (Å²) in [5.41, 5.74) is 0.462. The predicted octanol–water partition coefficient (Wildman–Crippen LogP) is 1.59. The Morgan fingerprint density at radius 3 is 2.63 bits per heavy atom. The van der Waals surface area contributed by atoms with Gasteiger partial charge < -0.3 is 29.4 Å². The van der Waals surface area contributed by atoms with E-state index in [1.54, 1.807) is 32.3 Å². The molecule has 1 fully saturated rings. The normalized spacial score (nSPS) is 21.8. The lowest BCUT2D eigenvalue weighted by Gasteiger charge is -2.29. The molecule has 1 aliphatic heterocycles. The van der Waals surface area contributed by atoms with Crippen molar-refractivity contribution >= 4 is 23.8 Å². The third kappa shape index (κ3) is 6.96. The van der Waals surface area contributed by atoms with E-state index >= 15 is 0 Å². The molecule has 2 N–H and O–H groups in total. The first-order chi connectivity index (χ1) is 18.1. The SMILES string of the molecule is COc1ccnc(C(=O)N[C@H]2COC(=O)[C@H](CCc3cccnc3)[C@@H](OC(=O)C(C)C)[C@H](C)OC2=O)c1O. The van der Waals surface area contributed by atoms with Crippen molar-refractivity contribution in [3.05, 3.63) is 48.0 Å². The van der Waals surface area contributed by atoms with Gasteiger partial charge in [0.25, 0.3) is 5.91 Å². The van der Waals surface area contributed by atoms with E-state index in [0.717, 1.165) is 5.56 Å². The van der Waals surface area contributed by atoms with Gasteiger partial charge in [0.05, 0.1) is 18.9 Å². The molecule has 2 aromatic heterocycles. The van der Waals surface area contributed by atoms with Gasteiger partial charge in [0.1, 0.15) is 12.7 Å². The largest absolute Gasteiger partial charge is 0.503 e. The van der Waals surface area contributed by atoms with Gasteiger partial charge in [0.2, 0.25) is 0 Å². The molecule has 0 bridgehead atoms. The number of ether oxygens (including phenoxy) is 4. The number of aryl methyl sites for hydroxylation is 1. The van der Waals surface area contributed by atoms with E-state index in [9.17, 15) is 24.3 Å². The Morgan fingerprint density at radius 1 is 1.21 bits per heavy atom. The third-order valence-corrected chi connectivity index (χ3v) is 5.96. The predicted molar refractivity (Wildman–Crippen MR) is 131 cm³/mol. The number of methoxy groups -OCH3 is 1. The molecule has 3 heterocycles. The number of carbonyl (C=O) groups is 4. The van der Waals surface area contributed by atoms with Gasteiger partial charge in [-0.2, -0.15) is 0 Å². The summed E-state index contributed by atoms with van der Waals surface area (Å²) in [6.07, 6.45) is 3.01. The molecule has 1 aliphatic rings. The van der Waals surface area contributed by atoms with Crippen LogP contribution in [0.2, 0.25) is 0 Å². The van der Waals surface area contributed by atoms with E-state index in [-0.39, 0.29) is 12.2 Å². The van der Waals surface area contributed by atoms with Crippen LogP contribution in [0.15, 0.2) is 36.8 Å². The fourth-order valence-electron chi connectivity index (χ4n) is 3.83. The van der Waals surface area contributed by atoms with Crippen LogP contribution in [0, 0.1) is 11.8 Å². The Kier molecular flexibility index (Phi) is 9.58. The molecule has 38 heavy (non-hydrogen) atoms. The van der Waals surface area contributed by atoms with Crippen molar-refractivity contribution in [2.24, 2.45) is 11.8 Å². The zero-order valence-electron chi connectivity index (χ0n) is 21.6. The molecule has 0 aromatic carbocycles. The first-order valence-electron chi connectivity index (χ1n) is 12.1. The summed E-state index contributed by atoms with van der Waals surface area (Å²) in [6.45, 7) is 4.24. The van der Waals surface area contributed by atoms with Crippen molar-refractivity contribution in [2.75, 3.05) is 13.7 Å². The van der Waals surface area contributed by atoms with Crippen LogP contribution >= 0.6 is 0 Å². The van der Waals surface area contributed by atoms with E-state index < -0.39 is 72.0 Å². The van der Waals surface area contributed by atoms with Crippen LogP contribution < -0.4 is 10.1 Å². The Bertz CT molecular complexity index is 1160. The van der Waals surface area contributed by atoms with E-state index in [0.29, 0.717) is 6.42 Å². The highest BCUT2D eigenvalue weighted by Gasteiger charge is 2.42. The highest BCUT2D eigenvalue weighted by Crippen LogP contribution is 2.28. The van der Waals surface area contributed by atoms with Gasteiger partial charge in [0.15, 0.2) is 29.3 Å². The van der Waals surface area contributed by atoms with Crippen LogP contribution in [0.4, 0.5) is 0 Å². The van der Waals surface area contributed by atoms with Gasteiger partial charge in [-0.3, -0.25) is 19.4 Å². The number of aromatic hydroxyl groups is 1. The average molecular weight is 530 g/mol. The standard InChI is InChI=1S/C26H31N3O9/c1-14(2)24(32)38-22-15(3)37-26(34)18(29-23(31)20-21(30)19(35-4)9-11-28-20)13-36-25(33)17(22)8-7-16-6-5-10-27-12-16/h5-6,9-12,14-15,17-18,22,30H,7-8,13H2,1-4H3,(H,29,31)/t15-,17+,18-,22-/m0/s1. The molecular weight excluding hydrogens is 498 g/mol. The summed E-state index contributed by atoms with van der Waals surface area (Å²) in [7, 11) is 1.31. The van der Waals surface area contributed by atoms with Crippen LogP contribution in [-0.4, -0.2) is 70.9 Å². The monoisotopic (exact) mass is 529 g/mol. The van der Waals surface area contributed by atoms with E-state index in [1.165, 1.54) is 26.3 Å². The second-order valence-electron chi connectivity index (χ2n) is 9.07. The second-order valence-corrected chi connectivity index (χ2v) is 9.07. The minimum Gasteiger partial charge on any atom is -0.503 e. The molecule has 1 amide bonds. The van der Waals surface area contributed by atoms with Crippen LogP contribution in [0.25, 0.3) is 0 Å². The third-order valence-electron chi connectivity index (χ3n) is 5.96. The first-order valence-corrected chi connectivity index (χ1v) is 12.1. The number of cyclic esters (lactones) is 2. The average Bonchev–Trinajstić information content (AvgIpc) is 2.93. The van der Waals surface area contributed by atoms with Gasteiger partial charge >= 0.3 is 17.9 Å². The second kappa shape index (κ2) is 12.8. The van der Waals surface area contributed by atoms with Crippen molar-refractivity contribution in [1.29, 1.82) is 0 Å². The van der Waals surface area contributed by atoms with Crippen molar-refractivity contribution in [3.63, 3.8) is 0 Å². The molecule has 0 aliphatic carbocycles. The molecule has 0 spiro atoms. The molecule has 0 saturated carbocycles. The maximum Gasteiger partial charge on any atom is 0.332 e. The number of amides is 1.